The van der Waals surface area contributed by atoms with Gasteiger partial charge in [0, 0.05) is 38.0 Å². The Morgan fingerprint density at radius 3 is 2.31 bits per heavy atom. The van der Waals surface area contributed by atoms with Crippen LogP contribution in [0.15, 0.2) is 67.0 Å². The number of aliphatic carboxylic acids is 1. The Hall–Kier alpha value is -5.28. The number of aliphatic hydroxyl groups excluding tert-OH is 2. The highest BCUT2D eigenvalue weighted by atomic mass is 16.4. The molecule has 0 radical (unpaired) electrons. The zero-order chi connectivity index (χ0) is 34.5. The maximum atomic E-state index is 12.3. The van der Waals surface area contributed by atoms with Gasteiger partial charge in [0.05, 0.1) is 18.4 Å². The third-order valence-electron chi connectivity index (χ3n) is 9.17. The Morgan fingerprint density at radius 1 is 0.959 bits per heavy atom. The topological polar surface area (TPSA) is 207 Å². The van der Waals surface area contributed by atoms with Crippen LogP contribution in [0.25, 0.3) is 11.2 Å². The molecule has 1 aliphatic carbocycles. The van der Waals surface area contributed by atoms with Gasteiger partial charge < -0.3 is 46.1 Å². The molecule has 258 valence electrons. The third-order valence-corrected chi connectivity index (χ3v) is 9.17. The second-order valence-corrected chi connectivity index (χ2v) is 12.4. The summed E-state index contributed by atoms with van der Waals surface area (Å²) in [4.78, 5) is 51.7. The maximum Gasteiger partial charge on any atom is 0.323 e. The molecule has 1 saturated heterocycles. The molecule has 5 atom stereocenters. The molecule has 2 fully saturated rings. The van der Waals surface area contributed by atoms with Crippen LogP contribution in [0.2, 0.25) is 0 Å². The number of aromatic nitrogens is 4. The molecule has 3 heterocycles. The largest absolute Gasteiger partial charge is 0.480 e. The molecule has 49 heavy (non-hydrogen) atoms. The van der Waals surface area contributed by atoms with Crippen LogP contribution in [0.5, 0.6) is 0 Å². The van der Waals surface area contributed by atoms with Crippen molar-refractivity contribution in [1.29, 1.82) is 0 Å². The van der Waals surface area contributed by atoms with Crippen molar-refractivity contribution in [3.05, 3.63) is 78.1 Å². The summed E-state index contributed by atoms with van der Waals surface area (Å²) >= 11 is 0. The molecule has 1 saturated carbocycles. The van der Waals surface area contributed by atoms with Gasteiger partial charge in [-0.05, 0) is 24.0 Å². The number of anilines is 2. The van der Waals surface area contributed by atoms with Crippen LogP contribution in [-0.2, 0) is 9.59 Å². The van der Waals surface area contributed by atoms with Crippen LogP contribution < -0.4 is 26.2 Å². The van der Waals surface area contributed by atoms with Gasteiger partial charge in [-0.2, -0.15) is 9.97 Å². The van der Waals surface area contributed by atoms with Gasteiger partial charge in [-0.15, -0.1) is 0 Å². The standard InChI is InChI=1S/C34H41N9O6/c1-2-26(44)39-24-15-25(30(48)29(24)47)43-19-37-28-31(35-16-23(20-9-5-3-6-10-20)21-11-7-4-8-12-21)40-33(41-32(28)43)42-14-13-22(18-42)38-34(49)36-17-27(45)46/h3-12,19,22-25,29-30,47-48H,2,13-18H2,1H3,(H,39,44)(H,45,46)(H,35,40,41)(H2,36,38,49)/t22-,24+,25-,29-,30+/m1/s1. The average molecular weight is 672 g/mol. The lowest BCUT2D eigenvalue weighted by molar-refractivity contribution is -0.135. The highest BCUT2D eigenvalue weighted by molar-refractivity contribution is 5.85. The predicted molar refractivity (Wildman–Crippen MR) is 181 cm³/mol. The number of carbonyl (C=O) groups excluding carboxylic acids is 2. The van der Waals surface area contributed by atoms with Crippen LogP contribution in [0.3, 0.4) is 0 Å². The second kappa shape index (κ2) is 14.9. The number of amides is 3. The Kier molecular flexibility index (Phi) is 10.2. The molecular weight excluding hydrogens is 630 g/mol. The smallest absolute Gasteiger partial charge is 0.323 e. The molecular formula is C34H41N9O6. The number of nitrogens with zero attached hydrogens (tertiary/aromatic N) is 5. The molecule has 4 aromatic rings. The van der Waals surface area contributed by atoms with Crippen molar-refractivity contribution in [2.75, 3.05) is 36.4 Å². The van der Waals surface area contributed by atoms with E-state index in [9.17, 15) is 24.6 Å². The number of carboxylic acid groups (broad SMARTS) is 1. The van der Waals surface area contributed by atoms with E-state index < -0.39 is 42.8 Å². The summed E-state index contributed by atoms with van der Waals surface area (Å²) in [7, 11) is 0. The number of benzene rings is 2. The van der Waals surface area contributed by atoms with Gasteiger partial charge in [0.1, 0.15) is 18.8 Å². The zero-order valence-corrected chi connectivity index (χ0v) is 27.1. The number of fused-ring (bicyclic) bond motifs is 1. The first-order valence-electron chi connectivity index (χ1n) is 16.5. The Balaban J connectivity index is 1.32. The number of carboxylic acids is 1. The fraction of sp³-hybridized carbons (Fsp3) is 0.412. The summed E-state index contributed by atoms with van der Waals surface area (Å²) in [5.41, 5.74) is 3.16. The van der Waals surface area contributed by atoms with Gasteiger partial charge in [0.25, 0.3) is 0 Å². The van der Waals surface area contributed by atoms with Crippen LogP contribution in [0, 0.1) is 0 Å². The number of rotatable bonds is 12. The summed E-state index contributed by atoms with van der Waals surface area (Å²) in [5, 5.41) is 42.3. The number of hydrogen-bond acceptors (Lipinski definition) is 10. The van der Waals surface area contributed by atoms with E-state index in [-0.39, 0.29) is 30.7 Å². The molecule has 6 rings (SSSR count). The first kappa shape index (κ1) is 33.6. The van der Waals surface area contributed by atoms with Crippen LogP contribution in [0.4, 0.5) is 16.6 Å². The number of urea groups is 1. The van der Waals surface area contributed by atoms with E-state index in [0.29, 0.717) is 49.0 Å². The molecule has 2 aromatic heterocycles. The summed E-state index contributed by atoms with van der Waals surface area (Å²) in [5.74, 6) is -0.509. The average Bonchev–Trinajstić information content (AvgIpc) is 3.83. The quantitative estimate of drug-likeness (QED) is 0.115. The summed E-state index contributed by atoms with van der Waals surface area (Å²) in [6.07, 6.45) is 0.328. The fourth-order valence-corrected chi connectivity index (χ4v) is 6.60. The van der Waals surface area contributed by atoms with E-state index in [1.807, 2.05) is 41.3 Å². The number of carbonyl (C=O) groups is 3. The normalized spacial score (nSPS) is 22.0. The van der Waals surface area contributed by atoms with Gasteiger partial charge in [0.15, 0.2) is 17.0 Å². The molecule has 2 aromatic carbocycles. The van der Waals surface area contributed by atoms with E-state index in [4.69, 9.17) is 15.1 Å². The van der Waals surface area contributed by atoms with Crippen molar-refractivity contribution < 1.29 is 29.7 Å². The monoisotopic (exact) mass is 671 g/mol. The van der Waals surface area contributed by atoms with Crippen LogP contribution in [0.1, 0.15) is 49.3 Å². The SMILES string of the molecule is CCC(=O)N[C@H]1C[C@@H](n2cnc3c(NCC(c4ccccc4)c4ccccc4)nc(N4CC[C@@H](NC(=O)NCC(=O)O)C4)nc32)[C@H](O)[C@@H]1O. The van der Waals surface area contributed by atoms with E-state index in [0.717, 1.165) is 11.1 Å². The van der Waals surface area contributed by atoms with Crippen LogP contribution in [-0.4, -0.2) is 103 Å². The maximum absolute atomic E-state index is 12.3. The first-order valence-corrected chi connectivity index (χ1v) is 16.5. The van der Waals surface area contributed by atoms with Crippen molar-refractivity contribution in [2.45, 2.75) is 62.4 Å². The van der Waals surface area contributed by atoms with E-state index in [1.165, 1.54) is 0 Å². The highest BCUT2D eigenvalue weighted by Gasteiger charge is 2.44. The van der Waals surface area contributed by atoms with E-state index in [1.54, 1.807) is 17.8 Å². The minimum Gasteiger partial charge on any atom is -0.480 e. The Morgan fingerprint density at radius 2 is 1.65 bits per heavy atom. The number of nitrogens with one attached hydrogen (secondary N) is 4. The molecule has 1 aliphatic heterocycles. The third kappa shape index (κ3) is 7.57. The Bertz CT molecular complexity index is 1730. The van der Waals surface area contributed by atoms with Crippen molar-refractivity contribution >= 4 is 40.8 Å². The van der Waals surface area contributed by atoms with E-state index in [2.05, 4.69) is 50.5 Å². The lowest BCUT2D eigenvalue weighted by Crippen LogP contribution is -2.44. The lowest BCUT2D eigenvalue weighted by atomic mass is 9.91. The molecule has 7 N–H and O–H groups in total. The molecule has 2 aliphatic rings. The summed E-state index contributed by atoms with van der Waals surface area (Å²) < 4.78 is 1.73. The van der Waals surface area contributed by atoms with Gasteiger partial charge >= 0.3 is 12.0 Å². The van der Waals surface area contributed by atoms with Gasteiger partial charge in [0.2, 0.25) is 11.9 Å². The van der Waals surface area contributed by atoms with Crippen molar-refractivity contribution in [3.8, 4) is 0 Å². The Labute approximate surface area is 282 Å². The molecule has 0 unspecified atom stereocenters. The van der Waals surface area contributed by atoms with E-state index >= 15 is 0 Å². The molecule has 3 amide bonds. The second-order valence-electron chi connectivity index (χ2n) is 12.4. The molecule has 15 heteroatoms. The van der Waals surface area contributed by atoms with Gasteiger partial charge in [-0.3, -0.25) is 9.59 Å². The predicted octanol–water partition coefficient (Wildman–Crippen LogP) is 1.59. The van der Waals surface area contributed by atoms with Gasteiger partial charge in [-0.25, -0.2) is 9.78 Å². The van der Waals surface area contributed by atoms with Gasteiger partial charge in [-0.1, -0.05) is 67.6 Å². The molecule has 0 bridgehead atoms. The summed E-state index contributed by atoms with van der Waals surface area (Å²) in [6, 6.07) is 18.2. The molecule has 0 spiro atoms. The first-order chi connectivity index (χ1) is 23.7. The number of aliphatic hydroxyl groups is 2. The molecule has 15 nitrogen and oxygen atoms in total. The minimum atomic E-state index is -1.18. The van der Waals surface area contributed by atoms with Crippen LogP contribution >= 0.6 is 0 Å². The lowest BCUT2D eigenvalue weighted by Gasteiger charge is -2.22. The summed E-state index contributed by atoms with van der Waals surface area (Å²) in [6.45, 7) is 2.62. The van der Waals surface area contributed by atoms with Crippen molar-refractivity contribution in [3.63, 3.8) is 0 Å². The van der Waals surface area contributed by atoms with Crippen molar-refractivity contribution in [1.82, 2.24) is 35.5 Å². The highest BCUT2D eigenvalue weighted by Crippen LogP contribution is 2.35. The number of hydrogen-bond donors (Lipinski definition) is 7. The zero-order valence-electron chi connectivity index (χ0n) is 27.1. The minimum absolute atomic E-state index is 0.0163. The fourth-order valence-electron chi connectivity index (χ4n) is 6.60. The number of imidazole rings is 1. The van der Waals surface area contributed by atoms with Crippen molar-refractivity contribution in [2.24, 2.45) is 0 Å².